The minimum absolute atomic E-state index is 0. The zero-order valence-electron chi connectivity index (χ0n) is 20.5. The number of hydrogen-bond acceptors (Lipinski definition) is 6. The third kappa shape index (κ3) is 8.05. The maximum atomic E-state index is 13.7. The van der Waals surface area contributed by atoms with Crippen LogP contribution < -0.4 is 0 Å². The lowest BCUT2D eigenvalue weighted by Crippen LogP contribution is -2.51. The molecule has 6 nitrogen and oxygen atoms in total. The molecule has 0 N–H and O–H groups in total. The zero-order chi connectivity index (χ0) is 23.2. The highest BCUT2D eigenvalue weighted by atomic mass is 16.7. The van der Waals surface area contributed by atoms with Crippen molar-refractivity contribution in [3.63, 3.8) is 0 Å². The molecule has 2 aliphatic rings. The van der Waals surface area contributed by atoms with Gasteiger partial charge in [0.15, 0.2) is 12.1 Å². The number of hydrogen-bond donors (Lipinski definition) is 0. The Balaban J connectivity index is 0.00000512. The molecule has 0 saturated carbocycles. The maximum Gasteiger partial charge on any atom is 0.163 e. The molecular weight excluding hydrogens is 408 g/mol. The van der Waals surface area contributed by atoms with Gasteiger partial charge in [-0.25, -0.2) is 0 Å². The minimum atomic E-state index is -0.696. The quantitative estimate of drug-likeness (QED) is 0.399. The lowest BCUT2D eigenvalue weighted by Gasteiger charge is -2.44. The standard InChI is InChI=1S/C25H42O6.CH4/c1-17(11-10-12-18(2)26)22(30-21-13-8-9-15-28-21)19(3)23(27)24(4,5)20-14-16-29-25(6,7)31-20;/h11,19-22H,8-10,12-16H2,1-7H3;1H4/b17-11+;/t19-,20+,21?,22?;/m1./s1. The van der Waals surface area contributed by atoms with Gasteiger partial charge in [-0.1, -0.05) is 34.3 Å². The summed E-state index contributed by atoms with van der Waals surface area (Å²) in [7, 11) is 0. The topological polar surface area (TPSA) is 71.1 Å². The predicted octanol–water partition coefficient (Wildman–Crippen LogP) is 5.62. The van der Waals surface area contributed by atoms with Crippen molar-refractivity contribution in [3.05, 3.63) is 11.6 Å². The molecule has 0 bridgehead atoms. The second kappa shape index (κ2) is 12.4. The van der Waals surface area contributed by atoms with Crippen LogP contribution in [-0.2, 0) is 28.5 Å². The molecule has 2 heterocycles. The van der Waals surface area contributed by atoms with Crippen molar-refractivity contribution in [1.29, 1.82) is 0 Å². The third-order valence-corrected chi connectivity index (χ3v) is 6.41. The zero-order valence-corrected chi connectivity index (χ0v) is 20.5. The van der Waals surface area contributed by atoms with Gasteiger partial charge >= 0.3 is 0 Å². The van der Waals surface area contributed by atoms with E-state index in [-0.39, 0.29) is 37.3 Å². The summed E-state index contributed by atoms with van der Waals surface area (Å²) in [6.45, 7) is 14.5. The van der Waals surface area contributed by atoms with Crippen molar-refractivity contribution in [1.82, 2.24) is 0 Å². The van der Waals surface area contributed by atoms with Crippen LogP contribution >= 0.6 is 0 Å². The van der Waals surface area contributed by atoms with Crippen LogP contribution in [-0.4, -0.2) is 49.1 Å². The molecule has 0 aromatic carbocycles. The van der Waals surface area contributed by atoms with Crippen molar-refractivity contribution in [2.45, 2.75) is 119 Å². The van der Waals surface area contributed by atoms with Crippen LogP contribution in [0.2, 0.25) is 0 Å². The van der Waals surface area contributed by atoms with E-state index >= 15 is 0 Å². The van der Waals surface area contributed by atoms with E-state index < -0.39 is 17.3 Å². The van der Waals surface area contributed by atoms with E-state index in [1.54, 1.807) is 6.92 Å². The number of rotatable bonds is 10. The maximum absolute atomic E-state index is 13.7. The molecule has 2 fully saturated rings. The van der Waals surface area contributed by atoms with Crippen LogP contribution in [0.5, 0.6) is 0 Å². The average molecular weight is 455 g/mol. The van der Waals surface area contributed by atoms with E-state index in [2.05, 4.69) is 0 Å². The number of ether oxygens (including phenoxy) is 4. The number of allylic oxidation sites excluding steroid dienone is 1. The highest BCUT2D eigenvalue weighted by molar-refractivity contribution is 5.87. The van der Waals surface area contributed by atoms with Gasteiger partial charge in [-0.05, 0) is 65.4 Å². The summed E-state index contributed by atoms with van der Waals surface area (Å²) in [5.41, 5.74) is 0.287. The normalized spacial score (nSPS) is 26.0. The summed E-state index contributed by atoms with van der Waals surface area (Å²) in [5, 5.41) is 0. The Morgan fingerprint density at radius 2 is 1.84 bits per heavy atom. The molecular formula is C26H46O6. The first-order valence-corrected chi connectivity index (χ1v) is 11.7. The molecule has 6 heteroatoms. The second-order valence-electron chi connectivity index (χ2n) is 10.1. The molecule has 2 rings (SSSR count). The van der Waals surface area contributed by atoms with Gasteiger partial charge in [0, 0.05) is 18.9 Å². The van der Waals surface area contributed by atoms with Crippen molar-refractivity contribution in [2.24, 2.45) is 11.3 Å². The highest BCUT2D eigenvalue weighted by Crippen LogP contribution is 2.38. The van der Waals surface area contributed by atoms with E-state index in [1.807, 2.05) is 47.6 Å². The molecule has 0 aromatic heterocycles. The van der Waals surface area contributed by atoms with Gasteiger partial charge in [-0.15, -0.1) is 0 Å². The fraction of sp³-hybridized carbons (Fsp3) is 0.846. The van der Waals surface area contributed by atoms with Crippen molar-refractivity contribution in [2.75, 3.05) is 13.2 Å². The molecule has 0 aliphatic carbocycles. The van der Waals surface area contributed by atoms with Crippen molar-refractivity contribution >= 4 is 11.6 Å². The summed E-state index contributed by atoms with van der Waals surface area (Å²) in [6, 6.07) is 0. The number of Topliss-reactive ketones (excluding diaryl/α,β-unsaturated/α-hetero) is 2. The number of carbonyl (C=O) groups is 2. The SMILES string of the molecule is C.CC(=O)CC/C=C(\C)C(OC1CCCCO1)[C@@H](C)C(=O)C(C)(C)[C@@H]1CCOC(C)(C)O1. The Kier molecular flexibility index (Phi) is 11.2. The third-order valence-electron chi connectivity index (χ3n) is 6.41. The molecule has 32 heavy (non-hydrogen) atoms. The Bertz CT molecular complexity index is 645. The van der Waals surface area contributed by atoms with Gasteiger partial charge in [-0.3, -0.25) is 4.79 Å². The number of carbonyl (C=O) groups excluding carboxylic acids is 2. The molecule has 0 radical (unpaired) electrons. The Labute approximate surface area is 195 Å². The summed E-state index contributed by atoms with van der Waals surface area (Å²) in [4.78, 5) is 25.1. The molecule has 0 aromatic rings. The van der Waals surface area contributed by atoms with Gasteiger partial charge in [0.2, 0.25) is 0 Å². The van der Waals surface area contributed by atoms with Crippen molar-refractivity contribution < 1.29 is 28.5 Å². The van der Waals surface area contributed by atoms with E-state index in [4.69, 9.17) is 18.9 Å². The monoisotopic (exact) mass is 454 g/mol. The molecule has 2 saturated heterocycles. The fourth-order valence-corrected chi connectivity index (χ4v) is 4.46. The highest BCUT2D eigenvalue weighted by Gasteiger charge is 2.46. The molecule has 4 atom stereocenters. The van der Waals surface area contributed by atoms with Gasteiger partial charge in [-0.2, -0.15) is 0 Å². The van der Waals surface area contributed by atoms with Crippen LogP contribution in [0.4, 0.5) is 0 Å². The average Bonchev–Trinajstić information content (AvgIpc) is 2.70. The number of ketones is 2. The first kappa shape index (κ1) is 29.0. The fourth-order valence-electron chi connectivity index (χ4n) is 4.46. The Morgan fingerprint density at radius 3 is 2.41 bits per heavy atom. The summed E-state index contributed by atoms with van der Waals surface area (Å²) in [6.07, 6.45) is 5.86. The predicted molar refractivity (Wildman–Crippen MR) is 126 cm³/mol. The van der Waals surface area contributed by atoms with E-state index in [0.29, 0.717) is 32.5 Å². The Hall–Kier alpha value is -1.08. The minimum Gasteiger partial charge on any atom is -0.353 e. The van der Waals surface area contributed by atoms with E-state index in [9.17, 15) is 9.59 Å². The van der Waals surface area contributed by atoms with Gasteiger partial charge in [0.25, 0.3) is 0 Å². The molecule has 186 valence electrons. The largest absolute Gasteiger partial charge is 0.353 e. The van der Waals surface area contributed by atoms with E-state index in [0.717, 1.165) is 24.8 Å². The van der Waals surface area contributed by atoms with Crippen LogP contribution in [0.25, 0.3) is 0 Å². The van der Waals surface area contributed by atoms with Crippen LogP contribution in [0, 0.1) is 11.3 Å². The van der Waals surface area contributed by atoms with Crippen LogP contribution in [0.15, 0.2) is 11.6 Å². The van der Waals surface area contributed by atoms with Crippen LogP contribution in [0.3, 0.4) is 0 Å². The second-order valence-corrected chi connectivity index (χ2v) is 10.1. The smallest absolute Gasteiger partial charge is 0.163 e. The molecule has 2 aliphatic heterocycles. The van der Waals surface area contributed by atoms with Crippen LogP contribution in [0.1, 0.15) is 94.4 Å². The van der Waals surface area contributed by atoms with Crippen molar-refractivity contribution in [3.8, 4) is 0 Å². The summed E-state index contributed by atoms with van der Waals surface area (Å²) < 4.78 is 24.0. The first-order valence-electron chi connectivity index (χ1n) is 11.7. The van der Waals surface area contributed by atoms with Gasteiger partial charge in [0.05, 0.1) is 24.2 Å². The molecule has 0 spiro atoms. The first-order chi connectivity index (χ1) is 14.4. The van der Waals surface area contributed by atoms with Gasteiger partial charge in [0.1, 0.15) is 11.6 Å². The Morgan fingerprint density at radius 1 is 1.16 bits per heavy atom. The lowest BCUT2D eigenvalue weighted by atomic mass is 9.73. The molecule has 0 amide bonds. The summed E-state index contributed by atoms with van der Waals surface area (Å²) >= 11 is 0. The molecule has 2 unspecified atom stereocenters. The van der Waals surface area contributed by atoms with E-state index in [1.165, 1.54) is 0 Å². The van der Waals surface area contributed by atoms with Gasteiger partial charge < -0.3 is 23.7 Å². The summed E-state index contributed by atoms with van der Waals surface area (Å²) in [5.74, 6) is -0.807. The lowest BCUT2D eigenvalue weighted by molar-refractivity contribution is -0.289.